The lowest BCUT2D eigenvalue weighted by molar-refractivity contribution is -0.137. The van der Waals surface area contributed by atoms with Crippen LogP contribution in [-0.4, -0.2) is 31.8 Å². The number of nitrogens with zero attached hydrogens (tertiary/aromatic N) is 3. The molecule has 1 fully saturated rings. The molecule has 10 nitrogen and oxygen atoms in total. The molecule has 2 rings (SSSR count). The quantitative estimate of drug-likeness (QED) is 0.452. The molecule has 0 saturated carbocycles. The van der Waals surface area contributed by atoms with Crippen molar-refractivity contribution >= 4 is 11.8 Å². The Kier molecular flexibility index (Phi) is 2.23. The third-order valence-corrected chi connectivity index (χ3v) is 1.97. The van der Waals surface area contributed by atoms with Crippen LogP contribution in [0.4, 0.5) is 0 Å². The van der Waals surface area contributed by atoms with E-state index in [0.717, 1.165) is 0 Å². The van der Waals surface area contributed by atoms with Crippen molar-refractivity contribution in [2.45, 2.75) is 12.5 Å². The first-order chi connectivity index (χ1) is 7.58. The van der Waals surface area contributed by atoms with Crippen molar-refractivity contribution in [3.63, 3.8) is 0 Å². The molecule has 1 aliphatic heterocycles. The normalized spacial score (nSPS) is 20.1. The molecule has 2 heterocycles. The van der Waals surface area contributed by atoms with Gasteiger partial charge in [0, 0.05) is 0 Å². The summed E-state index contributed by atoms with van der Waals surface area (Å²) in [5, 5.41) is 8.00. The van der Waals surface area contributed by atoms with E-state index in [-0.39, 0.29) is 6.42 Å². The summed E-state index contributed by atoms with van der Waals surface area (Å²) in [5.41, 5.74) is 2.36. The van der Waals surface area contributed by atoms with Crippen LogP contribution in [0.2, 0.25) is 0 Å². The average molecular weight is 226 g/mol. The fraction of sp³-hybridized carbons (Fsp3) is 0.333. The number of amides is 2. The topological polar surface area (TPSA) is 139 Å². The molecule has 0 bridgehead atoms. The highest BCUT2D eigenvalue weighted by Crippen LogP contribution is 2.09. The summed E-state index contributed by atoms with van der Waals surface area (Å²) in [6, 6.07) is -1.12. The van der Waals surface area contributed by atoms with Crippen molar-refractivity contribution in [3.05, 3.63) is 21.0 Å². The highest BCUT2D eigenvalue weighted by molar-refractivity contribution is 5.92. The number of carbonyl (C=O) groups is 2. The molecule has 84 valence electrons. The number of hydrogen-bond acceptors (Lipinski definition) is 6. The zero-order valence-electron chi connectivity index (χ0n) is 7.76. The second-order valence-corrected chi connectivity index (χ2v) is 3.03. The van der Waals surface area contributed by atoms with Crippen LogP contribution in [-0.2, 0) is 9.59 Å². The van der Waals surface area contributed by atoms with Crippen LogP contribution in [0, 0.1) is 0 Å². The van der Waals surface area contributed by atoms with Crippen LogP contribution < -0.4 is 22.2 Å². The monoisotopic (exact) mass is 226 g/mol. The van der Waals surface area contributed by atoms with Crippen molar-refractivity contribution in [2.75, 3.05) is 0 Å². The summed E-state index contributed by atoms with van der Waals surface area (Å²) in [6.45, 7) is 0. The molecular formula is C6H6N6O4. The Balaban J connectivity index is 2.46. The summed E-state index contributed by atoms with van der Waals surface area (Å²) in [5.74, 6) is -1.10. The van der Waals surface area contributed by atoms with E-state index in [4.69, 9.17) is 0 Å². The lowest BCUT2D eigenvalue weighted by Crippen LogP contribution is -2.54. The van der Waals surface area contributed by atoms with Gasteiger partial charge in [0.05, 0.1) is 6.42 Å². The molecule has 1 saturated heterocycles. The maximum Gasteiger partial charge on any atom is 0.381 e. The number of nitrogens with one attached hydrogen (secondary N) is 3. The second-order valence-electron chi connectivity index (χ2n) is 3.03. The number of carbonyl (C=O) groups excluding carboxylic acids is 2. The van der Waals surface area contributed by atoms with Crippen LogP contribution >= 0.6 is 0 Å². The molecule has 1 aliphatic rings. The van der Waals surface area contributed by atoms with Crippen molar-refractivity contribution in [1.29, 1.82) is 0 Å². The highest BCUT2D eigenvalue weighted by Gasteiger charge is 2.30. The first kappa shape index (κ1) is 10.0. The fourth-order valence-electron chi connectivity index (χ4n) is 1.26. The molecule has 2 amide bonds. The lowest BCUT2D eigenvalue weighted by Gasteiger charge is -2.22. The Morgan fingerprint density at radius 1 is 1.12 bits per heavy atom. The van der Waals surface area contributed by atoms with E-state index in [1.54, 1.807) is 0 Å². The van der Waals surface area contributed by atoms with Gasteiger partial charge in [-0.3, -0.25) is 20.4 Å². The van der Waals surface area contributed by atoms with Gasteiger partial charge < -0.3 is 0 Å². The van der Waals surface area contributed by atoms with Gasteiger partial charge in [0.1, 0.15) is 6.04 Å². The van der Waals surface area contributed by atoms with Gasteiger partial charge in [-0.2, -0.15) is 0 Å². The number of aromatic amines is 1. The minimum Gasteiger partial charge on any atom is -0.273 e. The Hall–Kier alpha value is -2.52. The maximum atomic E-state index is 11.3. The van der Waals surface area contributed by atoms with Gasteiger partial charge in [-0.05, 0) is 0 Å². The first-order valence-corrected chi connectivity index (χ1v) is 4.22. The molecule has 1 atom stereocenters. The largest absolute Gasteiger partial charge is 0.381 e. The van der Waals surface area contributed by atoms with E-state index in [9.17, 15) is 19.2 Å². The van der Waals surface area contributed by atoms with Gasteiger partial charge in [0.25, 0.3) is 5.91 Å². The summed E-state index contributed by atoms with van der Waals surface area (Å²) in [6.07, 6.45) is -0.257. The first-order valence-electron chi connectivity index (χ1n) is 4.22. The molecule has 16 heavy (non-hydrogen) atoms. The van der Waals surface area contributed by atoms with Crippen LogP contribution in [0.3, 0.4) is 0 Å². The van der Waals surface area contributed by atoms with Gasteiger partial charge >= 0.3 is 11.4 Å². The summed E-state index contributed by atoms with van der Waals surface area (Å²) < 4.78 is 0.670. The average Bonchev–Trinajstić information content (AvgIpc) is 2.25. The molecule has 1 aromatic rings. The number of hydrazine groups is 1. The zero-order chi connectivity index (χ0) is 11.7. The van der Waals surface area contributed by atoms with E-state index in [2.05, 4.69) is 21.0 Å². The van der Waals surface area contributed by atoms with Crippen molar-refractivity contribution < 1.29 is 9.59 Å². The molecule has 3 N–H and O–H groups in total. The number of rotatable bonds is 1. The van der Waals surface area contributed by atoms with Crippen LogP contribution in [0.15, 0.2) is 9.59 Å². The molecule has 1 aromatic heterocycles. The standard InChI is InChI=1S/C6H6N6O4/c13-3-1-2(4(14)8-7-3)12-6(16)10-9-5(15)11-12/h2H,1H2,(H,7,13)(H,8,14)(H,11,15). The van der Waals surface area contributed by atoms with Crippen molar-refractivity contribution in [1.82, 2.24) is 30.8 Å². The van der Waals surface area contributed by atoms with E-state index in [1.807, 2.05) is 5.10 Å². The third kappa shape index (κ3) is 1.67. The summed E-state index contributed by atoms with van der Waals surface area (Å²) in [4.78, 5) is 44.4. The van der Waals surface area contributed by atoms with Crippen molar-refractivity contribution in [2.24, 2.45) is 0 Å². The smallest absolute Gasteiger partial charge is 0.273 e. The minimum absolute atomic E-state index is 0.257. The molecule has 1 unspecified atom stereocenters. The Labute approximate surface area is 86.6 Å². The van der Waals surface area contributed by atoms with E-state index < -0.39 is 29.2 Å². The predicted molar refractivity (Wildman–Crippen MR) is 46.9 cm³/mol. The summed E-state index contributed by atoms with van der Waals surface area (Å²) >= 11 is 0. The maximum absolute atomic E-state index is 11.3. The molecule has 0 aliphatic carbocycles. The lowest BCUT2D eigenvalue weighted by atomic mass is 10.1. The Bertz CT molecular complexity index is 559. The van der Waals surface area contributed by atoms with E-state index in [0.29, 0.717) is 4.68 Å². The SMILES string of the molecule is O=C1CC(n2[nH]c(=O)nnc2=O)C(=O)NN1. The molecule has 10 heteroatoms. The molecule has 0 spiro atoms. The summed E-state index contributed by atoms with van der Waals surface area (Å²) in [7, 11) is 0. The van der Waals surface area contributed by atoms with Crippen molar-refractivity contribution in [3.8, 4) is 0 Å². The van der Waals surface area contributed by atoms with Gasteiger partial charge in [-0.1, -0.05) is 10.2 Å². The van der Waals surface area contributed by atoms with Gasteiger partial charge in [-0.25, -0.2) is 19.4 Å². The second kappa shape index (κ2) is 3.56. The number of H-pyrrole nitrogens is 1. The van der Waals surface area contributed by atoms with Gasteiger partial charge in [-0.15, -0.1) is 0 Å². The minimum atomic E-state index is -1.12. The fourth-order valence-corrected chi connectivity index (χ4v) is 1.26. The molecular weight excluding hydrogens is 220 g/mol. The Morgan fingerprint density at radius 3 is 2.62 bits per heavy atom. The third-order valence-electron chi connectivity index (χ3n) is 1.97. The number of hydrogen-bond donors (Lipinski definition) is 3. The zero-order valence-corrected chi connectivity index (χ0v) is 7.76. The Morgan fingerprint density at radius 2 is 1.88 bits per heavy atom. The number of aromatic nitrogens is 4. The van der Waals surface area contributed by atoms with Gasteiger partial charge in [0.15, 0.2) is 0 Å². The molecule has 0 radical (unpaired) electrons. The van der Waals surface area contributed by atoms with E-state index >= 15 is 0 Å². The molecule has 0 aromatic carbocycles. The van der Waals surface area contributed by atoms with E-state index in [1.165, 1.54) is 0 Å². The predicted octanol–water partition coefficient (Wildman–Crippen LogP) is -3.58. The van der Waals surface area contributed by atoms with Gasteiger partial charge in [0.2, 0.25) is 5.91 Å². The highest BCUT2D eigenvalue weighted by atomic mass is 16.2. The van der Waals surface area contributed by atoms with Crippen LogP contribution in [0.1, 0.15) is 12.5 Å². The van der Waals surface area contributed by atoms with Crippen LogP contribution in [0.25, 0.3) is 0 Å². The van der Waals surface area contributed by atoms with Crippen LogP contribution in [0.5, 0.6) is 0 Å².